The Kier molecular flexibility index (Phi) is 6.75. The van der Waals surface area contributed by atoms with E-state index in [1.165, 1.54) is 0 Å². The van der Waals surface area contributed by atoms with E-state index in [1.807, 2.05) is 13.8 Å². The molecule has 1 amide bonds. The molecule has 0 aliphatic rings. The van der Waals surface area contributed by atoms with Crippen molar-refractivity contribution in [2.75, 3.05) is 13.1 Å². The molecule has 4 heteroatoms. The minimum Gasteiger partial charge on any atom is -0.481 e. The van der Waals surface area contributed by atoms with Crippen LogP contribution in [0.1, 0.15) is 40.0 Å². The summed E-state index contributed by atoms with van der Waals surface area (Å²) in [5, 5.41) is 8.75. The molecule has 0 saturated heterocycles. The van der Waals surface area contributed by atoms with E-state index >= 15 is 0 Å². The third kappa shape index (κ3) is 5.40. The number of unbranched alkanes of at least 4 members (excludes halogenated alkanes) is 1. The first-order valence-electron chi connectivity index (χ1n) is 5.53. The van der Waals surface area contributed by atoms with Crippen LogP contribution in [0.15, 0.2) is 0 Å². The van der Waals surface area contributed by atoms with Gasteiger partial charge in [-0.25, -0.2) is 0 Å². The first kappa shape index (κ1) is 13.9. The molecule has 15 heavy (non-hydrogen) atoms. The van der Waals surface area contributed by atoms with Crippen molar-refractivity contribution in [2.24, 2.45) is 5.92 Å². The van der Waals surface area contributed by atoms with E-state index in [9.17, 15) is 9.59 Å². The van der Waals surface area contributed by atoms with Crippen LogP contribution in [0.4, 0.5) is 0 Å². The zero-order valence-corrected chi connectivity index (χ0v) is 9.82. The van der Waals surface area contributed by atoms with Crippen LogP contribution in [-0.2, 0) is 9.59 Å². The van der Waals surface area contributed by atoms with Crippen molar-refractivity contribution < 1.29 is 14.7 Å². The smallest absolute Gasteiger partial charge is 0.308 e. The lowest BCUT2D eigenvalue weighted by Crippen LogP contribution is -2.36. The number of carbonyl (C=O) groups excluding carboxylic acids is 1. The fourth-order valence-corrected chi connectivity index (χ4v) is 1.30. The first-order valence-corrected chi connectivity index (χ1v) is 5.53. The maximum atomic E-state index is 11.6. The molecule has 1 atom stereocenters. The predicted molar refractivity (Wildman–Crippen MR) is 58.6 cm³/mol. The molecule has 0 aliphatic heterocycles. The molecule has 0 saturated carbocycles. The standard InChI is InChI=1S/C11H21NO3/c1-4-6-7-10(13)12(5-2)8-9(3)11(14)15/h9H,4-8H2,1-3H3,(H,14,15). The molecule has 0 heterocycles. The van der Waals surface area contributed by atoms with Crippen LogP contribution in [0.3, 0.4) is 0 Å². The van der Waals surface area contributed by atoms with Crippen LogP contribution in [0.2, 0.25) is 0 Å². The van der Waals surface area contributed by atoms with E-state index in [0.29, 0.717) is 19.5 Å². The van der Waals surface area contributed by atoms with Crippen molar-refractivity contribution in [1.82, 2.24) is 4.90 Å². The van der Waals surface area contributed by atoms with E-state index in [2.05, 4.69) is 0 Å². The van der Waals surface area contributed by atoms with Crippen LogP contribution >= 0.6 is 0 Å². The molecule has 0 fully saturated rings. The minimum absolute atomic E-state index is 0.0625. The van der Waals surface area contributed by atoms with Gasteiger partial charge in [-0.3, -0.25) is 9.59 Å². The molecule has 0 aliphatic carbocycles. The second-order valence-corrected chi connectivity index (χ2v) is 3.78. The Balaban J connectivity index is 4.11. The van der Waals surface area contributed by atoms with Crippen LogP contribution < -0.4 is 0 Å². The summed E-state index contributed by atoms with van der Waals surface area (Å²) in [5.74, 6) is -1.28. The summed E-state index contributed by atoms with van der Waals surface area (Å²) in [6.07, 6.45) is 2.38. The highest BCUT2D eigenvalue weighted by Gasteiger charge is 2.18. The normalized spacial score (nSPS) is 12.2. The molecule has 0 bridgehead atoms. The number of carbonyl (C=O) groups is 2. The van der Waals surface area contributed by atoms with E-state index in [0.717, 1.165) is 12.8 Å². The summed E-state index contributed by atoms with van der Waals surface area (Å²) in [6.45, 7) is 6.43. The van der Waals surface area contributed by atoms with Gasteiger partial charge in [0.1, 0.15) is 0 Å². The Labute approximate surface area is 91.3 Å². The highest BCUT2D eigenvalue weighted by atomic mass is 16.4. The van der Waals surface area contributed by atoms with Crippen molar-refractivity contribution in [1.29, 1.82) is 0 Å². The fourth-order valence-electron chi connectivity index (χ4n) is 1.30. The zero-order chi connectivity index (χ0) is 11.8. The Morgan fingerprint density at radius 3 is 2.33 bits per heavy atom. The highest BCUT2D eigenvalue weighted by molar-refractivity contribution is 5.77. The number of amides is 1. The predicted octanol–water partition coefficient (Wildman–Crippen LogP) is 1.75. The number of hydrogen-bond donors (Lipinski definition) is 1. The highest BCUT2D eigenvalue weighted by Crippen LogP contribution is 2.05. The van der Waals surface area contributed by atoms with Crippen molar-refractivity contribution in [3.8, 4) is 0 Å². The van der Waals surface area contributed by atoms with Crippen molar-refractivity contribution in [3.63, 3.8) is 0 Å². The van der Waals surface area contributed by atoms with E-state index in [1.54, 1.807) is 11.8 Å². The Hall–Kier alpha value is -1.06. The SMILES string of the molecule is CCCCC(=O)N(CC)CC(C)C(=O)O. The molecule has 1 unspecified atom stereocenters. The average Bonchev–Trinajstić information content (AvgIpc) is 2.21. The summed E-state index contributed by atoms with van der Waals surface area (Å²) >= 11 is 0. The van der Waals surface area contributed by atoms with Crippen LogP contribution in [0.25, 0.3) is 0 Å². The summed E-state index contributed by atoms with van der Waals surface area (Å²) in [5.41, 5.74) is 0. The monoisotopic (exact) mass is 215 g/mol. The molecule has 0 aromatic rings. The molecular formula is C11H21NO3. The van der Waals surface area contributed by atoms with Gasteiger partial charge in [0.15, 0.2) is 0 Å². The van der Waals surface area contributed by atoms with Crippen LogP contribution in [-0.4, -0.2) is 35.0 Å². The number of hydrogen-bond acceptors (Lipinski definition) is 2. The third-order valence-corrected chi connectivity index (χ3v) is 2.39. The molecule has 0 rings (SSSR count). The Morgan fingerprint density at radius 1 is 1.33 bits per heavy atom. The van der Waals surface area contributed by atoms with Gasteiger partial charge < -0.3 is 10.0 Å². The van der Waals surface area contributed by atoms with Gasteiger partial charge in [0.2, 0.25) is 5.91 Å². The lowest BCUT2D eigenvalue weighted by molar-refractivity contribution is -0.143. The summed E-state index contributed by atoms with van der Waals surface area (Å²) in [6, 6.07) is 0. The number of carboxylic acids is 1. The van der Waals surface area contributed by atoms with Crippen LogP contribution in [0, 0.1) is 5.92 Å². The quantitative estimate of drug-likeness (QED) is 0.703. The fraction of sp³-hybridized carbons (Fsp3) is 0.818. The van der Waals surface area contributed by atoms with Crippen molar-refractivity contribution in [3.05, 3.63) is 0 Å². The molecule has 1 N–H and O–H groups in total. The molecule has 4 nitrogen and oxygen atoms in total. The van der Waals surface area contributed by atoms with Gasteiger partial charge in [-0.05, 0) is 13.3 Å². The van der Waals surface area contributed by atoms with Gasteiger partial charge in [0, 0.05) is 19.5 Å². The summed E-state index contributed by atoms with van der Waals surface area (Å²) in [7, 11) is 0. The maximum absolute atomic E-state index is 11.6. The number of carboxylic acid groups (broad SMARTS) is 1. The first-order chi connectivity index (χ1) is 7.02. The zero-order valence-electron chi connectivity index (χ0n) is 9.82. The summed E-state index contributed by atoms with van der Waals surface area (Å²) < 4.78 is 0. The number of nitrogens with zero attached hydrogens (tertiary/aromatic N) is 1. The summed E-state index contributed by atoms with van der Waals surface area (Å²) in [4.78, 5) is 23.9. The number of rotatable bonds is 7. The van der Waals surface area contributed by atoms with Gasteiger partial charge in [-0.2, -0.15) is 0 Å². The van der Waals surface area contributed by atoms with Gasteiger partial charge in [0.05, 0.1) is 5.92 Å². The van der Waals surface area contributed by atoms with Gasteiger partial charge in [-0.15, -0.1) is 0 Å². The maximum Gasteiger partial charge on any atom is 0.308 e. The molecule has 0 radical (unpaired) electrons. The van der Waals surface area contributed by atoms with E-state index < -0.39 is 11.9 Å². The van der Waals surface area contributed by atoms with E-state index in [4.69, 9.17) is 5.11 Å². The van der Waals surface area contributed by atoms with Crippen LogP contribution in [0.5, 0.6) is 0 Å². The molecular weight excluding hydrogens is 194 g/mol. The van der Waals surface area contributed by atoms with Crippen molar-refractivity contribution in [2.45, 2.75) is 40.0 Å². The molecule has 0 spiro atoms. The van der Waals surface area contributed by atoms with E-state index in [-0.39, 0.29) is 5.91 Å². The topological polar surface area (TPSA) is 57.6 Å². The Bertz CT molecular complexity index is 216. The van der Waals surface area contributed by atoms with Crippen molar-refractivity contribution >= 4 is 11.9 Å². The molecule has 88 valence electrons. The lowest BCUT2D eigenvalue weighted by atomic mass is 10.1. The second kappa shape index (κ2) is 7.26. The largest absolute Gasteiger partial charge is 0.481 e. The molecule has 0 aromatic carbocycles. The number of aliphatic carboxylic acids is 1. The average molecular weight is 215 g/mol. The minimum atomic E-state index is -0.850. The molecule has 0 aromatic heterocycles. The van der Waals surface area contributed by atoms with Gasteiger partial charge in [-0.1, -0.05) is 20.3 Å². The Morgan fingerprint density at radius 2 is 1.93 bits per heavy atom. The lowest BCUT2D eigenvalue weighted by Gasteiger charge is -2.22. The van der Waals surface area contributed by atoms with Gasteiger partial charge in [0.25, 0.3) is 0 Å². The third-order valence-electron chi connectivity index (χ3n) is 2.39. The second-order valence-electron chi connectivity index (χ2n) is 3.78. The van der Waals surface area contributed by atoms with Gasteiger partial charge >= 0.3 is 5.97 Å².